The summed E-state index contributed by atoms with van der Waals surface area (Å²) >= 11 is 1.05. The second kappa shape index (κ2) is 5.49. The molecule has 3 N–H and O–H groups in total. The number of benzene rings is 1. The maximum atomic E-state index is 12.0. The van der Waals surface area contributed by atoms with Gasteiger partial charge in [-0.2, -0.15) is 8.42 Å². The van der Waals surface area contributed by atoms with Gasteiger partial charge in [0.2, 0.25) is 0 Å². The van der Waals surface area contributed by atoms with Crippen molar-refractivity contribution in [1.82, 2.24) is 0 Å². The van der Waals surface area contributed by atoms with Gasteiger partial charge in [-0.1, -0.05) is 17.8 Å². The number of thioether (sulfide) groups is 1. The lowest BCUT2D eigenvalue weighted by molar-refractivity contribution is 0.114. The molecule has 0 amide bonds. The van der Waals surface area contributed by atoms with E-state index in [1.807, 2.05) is 0 Å². The third-order valence-corrected chi connectivity index (χ3v) is 4.93. The molecule has 1 heterocycles. The molecule has 6 nitrogen and oxygen atoms in total. The highest BCUT2D eigenvalue weighted by molar-refractivity contribution is 8.14. The lowest BCUT2D eigenvalue weighted by Gasteiger charge is -2.18. The topological polar surface area (TPSA) is 99.0 Å². The minimum atomic E-state index is -3.71. The van der Waals surface area contributed by atoms with E-state index in [-0.39, 0.29) is 22.4 Å². The fraction of sp³-hybridized carbons (Fsp3) is 0.364. The summed E-state index contributed by atoms with van der Waals surface area (Å²) in [6, 6.07) is 5.04. The van der Waals surface area contributed by atoms with Gasteiger partial charge >= 0.3 is 0 Å². The molecule has 1 atom stereocenters. The quantitative estimate of drug-likeness (QED) is 0.754. The molecule has 8 heteroatoms. The van der Waals surface area contributed by atoms with E-state index in [2.05, 4.69) is 9.71 Å². The minimum absolute atomic E-state index is 0.152. The van der Waals surface area contributed by atoms with Gasteiger partial charge in [0.1, 0.15) is 4.90 Å². The Labute approximate surface area is 115 Å². The van der Waals surface area contributed by atoms with Crippen molar-refractivity contribution >= 4 is 32.6 Å². The van der Waals surface area contributed by atoms with Crippen LogP contribution in [0.1, 0.15) is 5.56 Å². The van der Waals surface area contributed by atoms with Crippen LogP contribution in [-0.4, -0.2) is 42.3 Å². The number of aliphatic hydroxyl groups is 2. The molecule has 0 bridgehead atoms. The van der Waals surface area contributed by atoms with Gasteiger partial charge in [0.05, 0.1) is 18.4 Å². The van der Waals surface area contributed by atoms with Gasteiger partial charge in [-0.3, -0.25) is 0 Å². The minimum Gasteiger partial charge on any atom is -0.394 e. The Morgan fingerprint density at radius 1 is 1.47 bits per heavy atom. The number of amidine groups is 1. The number of nitrogens with one attached hydrogen (secondary N) is 1. The van der Waals surface area contributed by atoms with Gasteiger partial charge in [-0.15, -0.1) is 4.40 Å². The van der Waals surface area contributed by atoms with Crippen LogP contribution in [0.3, 0.4) is 0 Å². The van der Waals surface area contributed by atoms with E-state index in [1.165, 1.54) is 0 Å². The van der Waals surface area contributed by atoms with E-state index >= 15 is 0 Å². The number of sulfonamides is 1. The average Bonchev–Trinajstić information content (AvgIpc) is 2.36. The summed E-state index contributed by atoms with van der Waals surface area (Å²) in [6.07, 6.45) is -0.906. The first-order valence-corrected chi connectivity index (χ1v) is 7.99. The summed E-state index contributed by atoms with van der Waals surface area (Å²) in [6.45, 7) is 1.43. The molecule has 19 heavy (non-hydrogen) atoms. The maximum Gasteiger partial charge on any atom is 0.286 e. The molecule has 0 aliphatic carbocycles. The lowest BCUT2D eigenvalue weighted by atomic mass is 10.2. The van der Waals surface area contributed by atoms with Crippen molar-refractivity contribution in [3.63, 3.8) is 0 Å². The Morgan fingerprint density at radius 2 is 2.21 bits per heavy atom. The Balaban J connectivity index is 2.25. The molecular formula is C11H14N2O4S2. The van der Waals surface area contributed by atoms with E-state index in [4.69, 9.17) is 5.11 Å². The molecule has 0 radical (unpaired) electrons. The van der Waals surface area contributed by atoms with Crippen molar-refractivity contribution in [2.75, 3.05) is 17.7 Å². The molecule has 1 aliphatic heterocycles. The predicted molar refractivity (Wildman–Crippen MR) is 75.0 cm³/mol. The average molecular weight is 302 g/mol. The number of fused-ring (bicyclic) bond motifs is 1. The molecule has 0 saturated heterocycles. The van der Waals surface area contributed by atoms with Gasteiger partial charge in [-0.25, -0.2) is 0 Å². The lowest BCUT2D eigenvalue weighted by Crippen LogP contribution is -2.22. The van der Waals surface area contributed by atoms with Crippen molar-refractivity contribution in [3.05, 3.63) is 23.8 Å². The van der Waals surface area contributed by atoms with Crippen LogP contribution >= 0.6 is 11.8 Å². The number of aryl methyl sites for hydroxylation is 1. The number of rotatable bonds is 3. The standard InChI is InChI=1S/C11H14N2O4S2/c1-7-2-3-9-10(4-7)19(16,17)13-11(12-9)18-6-8(15)5-14/h2-4,8,14-15H,5-6H2,1H3,(H,12,13). The summed E-state index contributed by atoms with van der Waals surface area (Å²) in [5.41, 5.74) is 1.31. The Kier molecular flexibility index (Phi) is 4.14. The van der Waals surface area contributed by atoms with Crippen LogP contribution in [0.4, 0.5) is 5.69 Å². The molecule has 104 valence electrons. The molecule has 1 aromatic rings. The third-order valence-electron chi connectivity index (χ3n) is 2.48. The van der Waals surface area contributed by atoms with Crippen LogP contribution in [0.25, 0.3) is 0 Å². The third kappa shape index (κ3) is 3.27. The van der Waals surface area contributed by atoms with E-state index in [1.54, 1.807) is 25.1 Å². The largest absolute Gasteiger partial charge is 0.394 e. The van der Waals surface area contributed by atoms with Gasteiger partial charge in [-0.05, 0) is 24.6 Å². The van der Waals surface area contributed by atoms with Crippen LogP contribution in [0, 0.1) is 6.92 Å². The van der Waals surface area contributed by atoms with Crippen molar-refractivity contribution in [2.45, 2.75) is 17.9 Å². The zero-order valence-corrected chi connectivity index (χ0v) is 11.8. The highest BCUT2D eigenvalue weighted by atomic mass is 32.2. The molecule has 2 rings (SSSR count). The molecule has 0 spiro atoms. The van der Waals surface area contributed by atoms with Gasteiger partial charge in [0, 0.05) is 5.75 Å². The van der Waals surface area contributed by atoms with Crippen LogP contribution in [0.2, 0.25) is 0 Å². The van der Waals surface area contributed by atoms with E-state index in [0.29, 0.717) is 5.69 Å². The molecule has 0 fully saturated rings. The van der Waals surface area contributed by atoms with E-state index < -0.39 is 16.1 Å². The molecule has 0 saturated carbocycles. The number of anilines is 1. The summed E-state index contributed by atoms with van der Waals surface area (Å²) < 4.78 is 27.6. The first-order valence-electron chi connectivity index (χ1n) is 5.57. The van der Waals surface area contributed by atoms with Crippen LogP contribution in [0.5, 0.6) is 0 Å². The number of hydrogen-bond donors (Lipinski definition) is 3. The zero-order valence-electron chi connectivity index (χ0n) is 10.2. The maximum absolute atomic E-state index is 12.0. The summed E-state index contributed by atoms with van der Waals surface area (Å²) in [7, 11) is -3.71. The molecule has 0 aromatic heterocycles. The van der Waals surface area contributed by atoms with Crippen molar-refractivity contribution in [2.24, 2.45) is 4.40 Å². The number of hydrogen-bond acceptors (Lipinski definition) is 6. The van der Waals surface area contributed by atoms with Gasteiger partial charge in [0.25, 0.3) is 10.0 Å². The second-order valence-electron chi connectivity index (χ2n) is 4.14. The molecular weight excluding hydrogens is 288 g/mol. The smallest absolute Gasteiger partial charge is 0.286 e. The predicted octanol–water partition coefficient (Wildman–Crippen LogP) is 0.552. The SMILES string of the molecule is Cc1ccc2c(c1)S(=O)(=O)N=C(SCC(O)CO)N2. The molecule has 1 aliphatic rings. The fourth-order valence-corrected chi connectivity index (χ4v) is 3.77. The van der Waals surface area contributed by atoms with Crippen LogP contribution < -0.4 is 5.32 Å². The first kappa shape index (κ1) is 14.3. The van der Waals surface area contributed by atoms with Crippen LogP contribution in [-0.2, 0) is 10.0 Å². The highest BCUT2D eigenvalue weighted by Crippen LogP contribution is 2.30. The van der Waals surface area contributed by atoms with Crippen LogP contribution in [0.15, 0.2) is 27.5 Å². The normalized spacial score (nSPS) is 18.2. The van der Waals surface area contributed by atoms with Crippen molar-refractivity contribution < 1.29 is 18.6 Å². The zero-order chi connectivity index (χ0) is 14.0. The second-order valence-corrected chi connectivity index (χ2v) is 6.72. The van der Waals surface area contributed by atoms with Gasteiger partial charge < -0.3 is 15.5 Å². The summed E-state index contributed by atoms with van der Waals surface area (Å²) in [5.74, 6) is 0.166. The molecule has 1 aromatic carbocycles. The monoisotopic (exact) mass is 302 g/mol. The van der Waals surface area contributed by atoms with E-state index in [9.17, 15) is 13.5 Å². The Bertz CT molecular complexity index is 613. The number of aliphatic hydroxyl groups excluding tert-OH is 2. The Hall–Kier alpha value is -1.09. The molecule has 1 unspecified atom stereocenters. The van der Waals surface area contributed by atoms with Crippen molar-refractivity contribution in [3.8, 4) is 0 Å². The number of nitrogens with zero attached hydrogens (tertiary/aromatic N) is 1. The van der Waals surface area contributed by atoms with Gasteiger partial charge in [0.15, 0.2) is 5.17 Å². The van der Waals surface area contributed by atoms with Crippen molar-refractivity contribution in [1.29, 1.82) is 0 Å². The summed E-state index contributed by atoms with van der Waals surface area (Å²) in [4.78, 5) is 0.152. The van der Waals surface area contributed by atoms with E-state index in [0.717, 1.165) is 17.3 Å². The highest BCUT2D eigenvalue weighted by Gasteiger charge is 2.25. The summed E-state index contributed by atoms with van der Waals surface area (Å²) in [5, 5.41) is 21.1. The fourth-order valence-electron chi connectivity index (χ4n) is 1.53. The first-order chi connectivity index (χ1) is 8.92. The Morgan fingerprint density at radius 3 is 2.89 bits per heavy atom.